The molecule has 5 nitrogen and oxygen atoms in total. The Bertz CT molecular complexity index is 880. The molecule has 1 unspecified atom stereocenters. The Morgan fingerprint density at radius 1 is 1.31 bits per heavy atom. The van der Waals surface area contributed by atoms with Crippen LogP contribution in [0.1, 0.15) is 17.4 Å². The smallest absolute Gasteiger partial charge is 0.268 e. The number of aryl methyl sites for hydroxylation is 1. The van der Waals surface area contributed by atoms with Gasteiger partial charge in [0.2, 0.25) is 0 Å². The van der Waals surface area contributed by atoms with Gasteiger partial charge in [-0.15, -0.1) is 23.7 Å². The highest BCUT2D eigenvalue weighted by molar-refractivity contribution is 7.19. The topological polar surface area (TPSA) is 54.2 Å². The maximum absolute atomic E-state index is 13.1. The first-order valence-corrected chi connectivity index (χ1v) is 9.05. The standard InChI is InChI=1S/C18H19FN4OS.ClH/c1-11-9-15(25-16(11)12-3-5-13(19)6-4-12)18-21-17(22-24-18)14-10-20-7-8-23(14)2;/h3-6,9,14,20H,7-8,10H2,1-2H3;1H. The van der Waals surface area contributed by atoms with E-state index in [-0.39, 0.29) is 24.3 Å². The van der Waals surface area contributed by atoms with Gasteiger partial charge in [-0.1, -0.05) is 17.3 Å². The number of hydrogen-bond donors (Lipinski definition) is 1. The molecule has 1 atom stereocenters. The van der Waals surface area contributed by atoms with E-state index in [1.807, 2.05) is 13.0 Å². The number of nitrogens with zero attached hydrogens (tertiary/aromatic N) is 3. The third-order valence-corrected chi connectivity index (χ3v) is 5.76. The van der Waals surface area contributed by atoms with Crippen LogP contribution in [-0.4, -0.2) is 41.7 Å². The summed E-state index contributed by atoms with van der Waals surface area (Å²) >= 11 is 1.58. The van der Waals surface area contributed by atoms with E-state index in [9.17, 15) is 4.39 Å². The van der Waals surface area contributed by atoms with Crippen molar-refractivity contribution in [2.75, 3.05) is 26.7 Å². The highest BCUT2D eigenvalue weighted by atomic mass is 35.5. The average Bonchev–Trinajstić information content (AvgIpc) is 3.23. The highest BCUT2D eigenvalue weighted by Gasteiger charge is 2.26. The van der Waals surface area contributed by atoms with E-state index in [1.165, 1.54) is 12.1 Å². The van der Waals surface area contributed by atoms with E-state index in [1.54, 1.807) is 23.5 Å². The lowest BCUT2D eigenvalue weighted by Gasteiger charge is -2.30. The van der Waals surface area contributed by atoms with Gasteiger partial charge in [-0.2, -0.15) is 4.98 Å². The molecule has 0 aliphatic carbocycles. The molecule has 0 amide bonds. The summed E-state index contributed by atoms with van der Waals surface area (Å²) in [6.45, 7) is 4.79. The van der Waals surface area contributed by atoms with E-state index in [2.05, 4.69) is 27.4 Å². The van der Waals surface area contributed by atoms with Crippen LogP contribution in [0.4, 0.5) is 4.39 Å². The number of thiophene rings is 1. The fourth-order valence-corrected chi connectivity index (χ4v) is 4.14. The number of hydrogen-bond acceptors (Lipinski definition) is 6. The van der Waals surface area contributed by atoms with E-state index in [4.69, 9.17) is 4.52 Å². The van der Waals surface area contributed by atoms with Crippen LogP contribution in [0.5, 0.6) is 0 Å². The van der Waals surface area contributed by atoms with Crippen molar-refractivity contribution in [3.63, 3.8) is 0 Å². The summed E-state index contributed by atoms with van der Waals surface area (Å²) in [6.07, 6.45) is 0. The lowest BCUT2D eigenvalue weighted by molar-refractivity contribution is 0.190. The van der Waals surface area contributed by atoms with E-state index in [0.29, 0.717) is 11.7 Å². The quantitative estimate of drug-likeness (QED) is 0.729. The van der Waals surface area contributed by atoms with Crippen LogP contribution in [-0.2, 0) is 0 Å². The molecule has 0 bridgehead atoms. The predicted octanol–water partition coefficient (Wildman–Crippen LogP) is 3.91. The molecule has 1 fully saturated rings. The van der Waals surface area contributed by atoms with Gasteiger partial charge in [-0.05, 0) is 43.3 Å². The molecule has 2 aromatic heterocycles. The SMILES string of the molecule is Cc1cc(-c2nc(C3CNCCN3C)no2)sc1-c1ccc(F)cc1.Cl. The first-order valence-electron chi connectivity index (χ1n) is 8.23. The zero-order valence-corrected chi connectivity index (χ0v) is 16.2. The van der Waals surface area contributed by atoms with Crippen molar-refractivity contribution in [3.8, 4) is 21.2 Å². The molecule has 3 aromatic rings. The lowest BCUT2D eigenvalue weighted by atomic mass is 10.1. The normalized spacial score (nSPS) is 17.9. The van der Waals surface area contributed by atoms with Gasteiger partial charge in [0.15, 0.2) is 5.82 Å². The van der Waals surface area contributed by atoms with Crippen molar-refractivity contribution in [2.45, 2.75) is 13.0 Å². The molecule has 1 aromatic carbocycles. The van der Waals surface area contributed by atoms with Crippen LogP contribution >= 0.6 is 23.7 Å². The van der Waals surface area contributed by atoms with E-state index >= 15 is 0 Å². The largest absolute Gasteiger partial charge is 0.333 e. The molecule has 0 spiro atoms. The average molecular weight is 395 g/mol. The van der Waals surface area contributed by atoms with Crippen LogP contribution in [0.2, 0.25) is 0 Å². The van der Waals surface area contributed by atoms with Crippen molar-refractivity contribution >= 4 is 23.7 Å². The number of aromatic nitrogens is 2. The fourth-order valence-electron chi connectivity index (χ4n) is 3.04. The van der Waals surface area contributed by atoms with Crippen LogP contribution in [0.3, 0.4) is 0 Å². The van der Waals surface area contributed by atoms with Gasteiger partial charge in [-0.3, -0.25) is 4.90 Å². The lowest BCUT2D eigenvalue weighted by Crippen LogP contribution is -2.44. The van der Waals surface area contributed by atoms with Crippen molar-refractivity contribution in [3.05, 3.63) is 47.5 Å². The third kappa shape index (κ3) is 3.66. The van der Waals surface area contributed by atoms with E-state index in [0.717, 1.165) is 40.5 Å². The Morgan fingerprint density at radius 3 is 2.81 bits per heavy atom. The molecule has 0 saturated carbocycles. The van der Waals surface area contributed by atoms with Gasteiger partial charge >= 0.3 is 0 Å². The van der Waals surface area contributed by atoms with Crippen molar-refractivity contribution in [1.82, 2.24) is 20.4 Å². The summed E-state index contributed by atoms with van der Waals surface area (Å²) in [5, 5.41) is 7.54. The van der Waals surface area contributed by atoms with E-state index < -0.39 is 0 Å². The number of likely N-dealkylation sites (N-methyl/N-ethyl adjacent to an activating group) is 1. The minimum absolute atomic E-state index is 0. The molecule has 8 heteroatoms. The second kappa shape index (κ2) is 7.84. The summed E-state index contributed by atoms with van der Waals surface area (Å²) < 4.78 is 18.7. The zero-order chi connectivity index (χ0) is 17.4. The Balaban J connectivity index is 0.00000196. The van der Waals surface area contributed by atoms with Gasteiger partial charge < -0.3 is 9.84 Å². The Labute approximate surface area is 161 Å². The van der Waals surface area contributed by atoms with Gasteiger partial charge in [0.25, 0.3) is 5.89 Å². The van der Waals surface area contributed by atoms with Gasteiger partial charge in [0, 0.05) is 24.5 Å². The van der Waals surface area contributed by atoms with Crippen LogP contribution in [0.25, 0.3) is 21.2 Å². The van der Waals surface area contributed by atoms with Crippen LogP contribution in [0, 0.1) is 12.7 Å². The summed E-state index contributed by atoms with van der Waals surface area (Å²) in [6, 6.07) is 8.71. The summed E-state index contributed by atoms with van der Waals surface area (Å²) in [5.41, 5.74) is 2.11. The fraction of sp³-hybridized carbons (Fsp3) is 0.333. The second-order valence-corrected chi connectivity index (χ2v) is 7.34. The number of nitrogens with one attached hydrogen (secondary N) is 1. The van der Waals surface area contributed by atoms with Gasteiger partial charge in [0.05, 0.1) is 10.9 Å². The third-order valence-electron chi connectivity index (χ3n) is 4.49. The second-order valence-electron chi connectivity index (χ2n) is 6.29. The minimum atomic E-state index is -0.232. The molecule has 0 radical (unpaired) electrons. The van der Waals surface area contributed by atoms with Crippen molar-refractivity contribution in [1.29, 1.82) is 0 Å². The molecule has 1 aliphatic heterocycles. The minimum Gasteiger partial charge on any atom is -0.333 e. The maximum atomic E-state index is 13.1. The van der Waals surface area contributed by atoms with Crippen LogP contribution < -0.4 is 5.32 Å². The van der Waals surface area contributed by atoms with Crippen molar-refractivity contribution < 1.29 is 8.91 Å². The number of halogens is 2. The van der Waals surface area contributed by atoms with Crippen molar-refractivity contribution in [2.24, 2.45) is 0 Å². The molecule has 26 heavy (non-hydrogen) atoms. The molecular formula is C18H20ClFN4OS. The Hall–Kier alpha value is -1.80. The number of rotatable bonds is 3. The highest BCUT2D eigenvalue weighted by Crippen LogP contribution is 2.37. The maximum Gasteiger partial charge on any atom is 0.268 e. The summed E-state index contributed by atoms with van der Waals surface area (Å²) in [5.74, 6) is 1.01. The number of piperazine rings is 1. The molecule has 138 valence electrons. The summed E-state index contributed by atoms with van der Waals surface area (Å²) in [7, 11) is 2.07. The zero-order valence-electron chi connectivity index (χ0n) is 14.5. The predicted molar refractivity (Wildman–Crippen MR) is 103 cm³/mol. The Morgan fingerprint density at radius 2 is 2.08 bits per heavy atom. The molecule has 3 heterocycles. The first-order chi connectivity index (χ1) is 12.1. The van der Waals surface area contributed by atoms with Gasteiger partial charge in [0.1, 0.15) is 5.82 Å². The molecule has 1 saturated heterocycles. The first kappa shape index (κ1) is 19.0. The van der Waals surface area contributed by atoms with Gasteiger partial charge in [-0.25, -0.2) is 4.39 Å². The number of benzene rings is 1. The molecule has 4 rings (SSSR count). The van der Waals surface area contributed by atoms with Crippen LogP contribution in [0.15, 0.2) is 34.9 Å². The molecule has 1 aliphatic rings. The Kier molecular flexibility index (Phi) is 5.72. The molecular weight excluding hydrogens is 375 g/mol. The summed E-state index contributed by atoms with van der Waals surface area (Å²) in [4.78, 5) is 8.86. The monoisotopic (exact) mass is 394 g/mol. The molecule has 1 N–H and O–H groups in total.